The quantitative estimate of drug-likeness (QED) is 0.502. The Hall–Kier alpha value is -3.85. The van der Waals surface area contributed by atoms with E-state index in [2.05, 4.69) is 0 Å². The van der Waals surface area contributed by atoms with E-state index in [1.165, 1.54) is 11.8 Å². The van der Waals surface area contributed by atoms with Gasteiger partial charge in [-0.2, -0.15) is 0 Å². The predicted octanol–water partition coefficient (Wildman–Crippen LogP) is 4.39. The van der Waals surface area contributed by atoms with E-state index >= 15 is 0 Å². The first-order valence-corrected chi connectivity index (χ1v) is 14.0. The highest BCUT2D eigenvalue weighted by Crippen LogP contribution is 2.45. The van der Waals surface area contributed by atoms with E-state index in [1.54, 1.807) is 11.8 Å². The van der Waals surface area contributed by atoms with Crippen molar-refractivity contribution in [2.75, 3.05) is 26.2 Å². The van der Waals surface area contributed by atoms with Gasteiger partial charge in [0.2, 0.25) is 11.8 Å². The van der Waals surface area contributed by atoms with Crippen LogP contribution >= 0.6 is 11.8 Å². The van der Waals surface area contributed by atoms with Crippen molar-refractivity contribution in [1.29, 1.82) is 0 Å². The van der Waals surface area contributed by atoms with Gasteiger partial charge in [0.15, 0.2) is 5.17 Å². The molecule has 0 aliphatic carbocycles. The van der Waals surface area contributed by atoms with Gasteiger partial charge < -0.3 is 19.4 Å². The molecule has 1 fully saturated rings. The smallest absolute Gasteiger partial charge is 0.338 e. The molecule has 8 nitrogen and oxygen atoms in total. The summed E-state index contributed by atoms with van der Waals surface area (Å²) in [6.45, 7) is 7.68. The summed E-state index contributed by atoms with van der Waals surface area (Å²) in [7, 11) is 0. The van der Waals surface area contributed by atoms with Gasteiger partial charge in [-0.1, -0.05) is 66.4 Å². The van der Waals surface area contributed by atoms with Crippen LogP contribution in [0.3, 0.4) is 0 Å². The van der Waals surface area contributed by atoms with Crippen LogP contribution in [0.25, 0.3) is 0 Å². The number of aliphatic imine (C=N–C) groups is 1. The normalized spacial score (nSPS) is 18.9. The Bertz CT molecular complexity index is 1380. The summed E-state index contributed by atoms with van der Waals surface area (Å²) in [4.78, 5) is 49.0. The summed E-state index contributed by atoms with van der Waals surface area (Å²) in [6.07, 6.45) is 0.180. The molecule has 0 N–H and O–H groups in total. The molecule has 1 unspecified atom stereocenters. The third-order valence-electron chi connectivity index (χ3n) is 7.33. The molecular weight excluding hydrogens is 512 g/mol. The average Bonchev–Trinajstić information content (AvgIpc) is 3.33. The van der Waals surface area contributed by atoms with Gasteiger partial charge in [-0.3, -0.25) is 9.59 Å². The summed E-state index contributed by atoms with van der Waals surface area (Å²) < 4.78 is 5.79. The lowest BCUT2D eigenvalue weighted by molar-refractivity contribution is -0.141. The summed E-state index contributed by atoms with van der Waals surface area (Å²) in [5.74, 6) is -0.397. The standard InChI is InChI=1S/C30H32N4O4S/c1-20-9-7-8-12-25(20)28-27(29(37)38-18-23-10-5-4-6-11-23)21(2)31-30-34(28)24(19-39-30)17-26(36)33-15-13-32(14-16-33)22(3)35/h4-12,19,28H,13-18H2,1-3H3. The molecule has 0 bridgehead atoms. The van der Waals surface area contributed by atoms with Crippen molar-refractivity contribution in [1.82, 2.24) is 14.7 Å². The van der Waals surface area contributed by atoms with E-state index < -0.39 is 12.0 Å². The number of carbonyl (C=O) groups excluding carboxylic acids is 3. The topological polar surface area (TPSA) is 82.5 Å². The van der Waals surface area contributed by atoms with Gasteiger partial charge in [0.25, 0.3) is 0 Å². The fourth-order valence-corrected chi connectivity index (χ4v) is 6.12. The second-order valence-electron chi connectivity index (χ2n) is 9.87. The summed E-state index contributed by atoms with van der Waals surface area (Å²) in [6, 6.07) is 17.1. The van der Waals surface area contributed by atoms with Crippen LogP contribution in [0.15, 0.2) is 82.0 Å². The van der Waals surface area contributed by atoms with Gasteiger partial charge in [0, 0.05) is 38.8 Å². The zero-order valence-corrected chi connectivity index (χ0v) is 23.2. The van der Waals surface area contributed by atoms with Crippen LogP contribution in [-0.2, 0) is 25.7 Å². The molecule has 3 aliphatic rings. The van der Waals surface area contributed by atoms with E-state index in [0.717, 1.165) is 27.6 Å². The number of ether oxygens (including phenoxy) is 1. The van der Waals surface area contributed by atoms with E-state index in [9.17, 15) is 14.4 Å². The first kappa shape index (κ1) is 26.7. The fraction of sp³-hybridized carbons (Fsp3) is 0.333. The van der Waals surface area contributed by atoms with Crippen LogP contribution in [0.1, 0.15) is 43.0 Å². The lowest BCUT2D eigenvalue weighted by atomic mass is 9.91. The molecule has 39 heavy (non-hydrogen) atoms. The summed E-state index contributed by atoms with van der Waals surface area (Å²) in [5, 5.41) is 2.70. The zero-order valence-electron chi connectivity index (χ0n) is 22.4. The molecule has 0 spiro atoms. The van der Waals surface area contributed by atoms with Crippen LogP contribution in [0, 0.1) is 6.92 Å². The first-order valence-electron chi connectivity index (χ1n) is 13.1. The number of rotatable bonds is 6. The van der Waals surface area contributed by atoms with Crippen molar-refractivity contribution in [3.05, 3.63) is 93.7 Å². The molecule has 3 aliphatic heterocycles. The molecule has 0 radical (unpaired) electrons. The molecule has 0 saturated carbocycles. The highest BCUT2D eigenvalue weighted by molar-refractivity contribution is 8.16. The Kier molecular flexibility index (Phi) is 7.88. The van der Waals surface area contributed by atoms with Gasteiger partial charge in [-0.05, 0) is 35.9 Å². The highest BCUT2D eigenvalue weighted by atomic mass is 32.2. The number of allylic oxidation sites excluding steroid dienone is 1. The fourth-order valence-electron chi connectivity index (χ4n) is 5.16. The number of hydrogen-bond donors (Lipinski definition) is 0. The summed E-state index contributed by atoms with van der Waals surface area (Å²) in [5.41, 5.74) is 4.79. The Morgan fingerprint density at radius 2 is 1.62 bits per heavy atom. The van der Waals surface area contributed by atoms with Crippen molar-refractivity contribution < 1.29 is 19.1 Å². The minimum absolute atomic E-state index is 0.00526. The Labute approximate surface area is 233 Å². The molecule has 3 heterocycles. The largest absolute Gasteiger partial charge is 0.457 e. The molecule has 9 heteroatoms. The number of hydrogen-bond acceptors (Lipinski definition) is 7. The number of aryl methyl sites for hydroxylation is 1. The molecule has 2 aromatic carbocycles. The van der Waals surface area contributed by atoms with Gasteiger partial charge in [0.05, 0.1) is 23.7 Å². The molecule has 5 rings (SSSR count). The molecule has 1 atom stereocenters. The number of nitrogens with zero attached hydrogens (tertiary/aromatic N) is 4. The molecule has 2 aromatic rings. The van der Waals surface area contributed by atoms with E-state index in [1.807, 2.05) is 83.7 Å². The number of esters is 1. The number of piperazine rings is 1. The number of amides is 2. The van der Waals surface area contributed by atoms with E-state index in [-0.39, 0.29) is 24.8 Å². The van der Waals surface area contributed by atoms with Crippen molar-refractivity contribution >= 4 is 34.7 Å². The second kappa shape index (κ2) is 11.5. The van der Waals surface area contributed by atoms with E-state index in [0.29, 0.717) is 37.4 Å². The van der Waals surface area contributed by atoms with Gasteiger partial charge in [-0.25, -0.2) is 9.79 Å². The highest BCUT2D eigenvalue weighted by Gasteiger charge is 2.42. The van der Waals surface area contributed by atoms with Crippen molar-refractivity contribution in [3.8, 4) is 0 Å². The predicted molar refractivity (Wildman–Crippen MR) is 151 cm³/mol. The number of amidine groups is 1. The number of carbonyl (C=O) groups is 3. The van der Waals surface area contributed by atoms with Crippen molar-refractivity contribution in [2.24, 2.45) is 4.99 Å². The van der Waals surface area contributed by atoms with Crippen LogP contribution in [0.2, 0.25) is 0 Å². The number of fused-ring (bicyclic) bond motifs is 1. The van der Waals surface area contributed by atoms with Crippen LogP contribution < -0.4 is 0 Å². The molecular formula is C30H32N4O4S. The van der Waals surface area contributed by atoms with Gasteiger partial charge in [0.1, 0.15) is 6.61 Å². The van der Waals surface area contributed by atoms with Gasteiger partial charge in [-0.15, -0.1) is 0 Å². The molecule has 202 valence electrons. The maximum Gasteiger partial charge on any atom is 0.338 e. The van der Waals surface area contributed by atoms with E-state index in [4.69, 9.17) is 9.73 Å². The van der Waals surface area contributed by atoms with Crippen molar-refractivity contribution in [3.63, 3.8) is 0 Å². The lowest BCUT2D eigenvalue weighted by Crippen LogP contribution is -2.50. The molecule has 0 aromatic heterocycles. The number of thioether (sulfide) groups is 1. The summed E-state index contributed by atoms with van der Waals surface area (Å²) >= 11 is 1.46. The maximum atomic E-state index is 13.6. The second-order valence-corrected chi connectivity index (χ2v) is 10.7. The SMILES string of the molecule is CC(=O)N1CCN(C(=O)CC2=CSC3=NC(C)=C(C(=O)OCc4ccccc4)C(c4ccccc4C)N23)CC1. The van der Waals surface area contributed by atoms with Crippen LogP contribution in [0.4, 0.5) is 0 Å². The molecule has 1 saturated heterocycles. The first-order chi connectivity index (χ1) is 18.8. The minimum Gasteiger partial charge on any atom is -0.457 e. The third kappa shape index (κ3) is 5.63. The van der Waals surface area contributed by atoms with Crippen molar-refractivity contribution in [2.45, 2.75) is 39.8 Å². The Morgan fingerprint density at radius 3 is 2.31 bits per heavy atom. The molecule has 2 amide bonds. The van der Waals surface area contributed by atoms with Gasteiger partial charge >= 0.3 is 5.97 Å². The monoisotopic (exact) mass is 544 g/mol. The third-order valence-corrected chi connectivity index (χ3v) is 8.22. The maximum absolute atomic E-state index is 13.6. The Morgan fingerprint density at radius 1 is 0.949 bits per heavy atom. The van der Waals surface area contributed by atoms with Crippen LogP contribution in [-0.4, -0.2) is 63.8 Å². The average molecular weight is 545 g/mol. The zero-order chi connectivity index (χ0) is 27.5. The Balaban J connectivity index is 1.41. The minimum atomic E-state index is -0.467. The van der Waals surface area contributed by atoms with Crippen LogP contribution in [0.5, 0.6) is 0 Å². The lowest BCUT2D eigenvalue weighted by Gasteiger charge is -2.38. The number of benzene rings is 2.